The second-order valence-corrected chi connectivity index (χ2v) is 5.51. The first-order chi connectivity index (χ1) is 11.9. The molecule has 0 aliphatic carbocycles. The Morgan fingerprint density at radius 1 is 1.17 bits per heavy atom. The van der Waals surface area contributed by atoms with E-state index in [0.717, 1.165) is 33.7 Å². The highest BCUT2D eigenvalue weighted by atomic mass is 16.3. The third-order valence-electron chi connectivity index (χ3n) is 3.96. The van der Waals surface area contributed by atoms with Gasteiger partial charge in [0.1, 0.15) is 5.69 Å². The molecular weight excluding hydrogens is 302 g/mol. The highest BCUT2D eigenvalue weighted by molar-refractivity contribution is 5.85. The molecule has 6 nitrogen and oxygen atoms in total. The van der Waals surface area contributed by atoms with Crippen molar-refractivity contribution in [2.24, 2.45) is 0 Å². The highest BCUT2D eigenvalue weighted by Crippen LogP contribution is 2.26. The van der Waals surface area contributed by atoms with E-state index in [0.29, 0.717) is 5.82 Å². The van der Waals surface area contributed by atoms with E-state index in [1.54, 1.807) is 12.5 Å². The Balaban J connectivity index is 1.63. The van der Waals surface area contributed by atoms with E-state index in [2.05, 4.69) is 26.3 Å². The fourth-order valence-corrected chi connectivity index (χ4v) is 2.83. The van der Waals surface area contributed by atoms with Crippen molar-refractivity contribution in [2.45, 2.75) is 0 Å². The molecule has 6 heteroatoms. The van der Waals surface area contributed by atoms with Crippen LogP contribution in [0.2, 0.25) is 0 Å². The molecule has 2 N–H and O–H groups in total. The standard InChI is InChI=1S/C18H13N5O/c1-2-16(24-9-1)15-11-23-8-7-20-18(23)17(22-15)21-13-3-4-14-12(10-13)5-6-19-14/h1-11,19H,(H,21,22). The SMILES string of the molecule is c1coc(-c2cn3ccnc3c(Nc3ccc4[nH]ccc4c3)n2)c1. The topological polar surface area (TPSA) is 71.2 Å². The second kappa shape index (κ2) is 4.99. The predicted molar refractivity (Wildman–Crippen MR) is 92.3 cm³/mol. The average molecular weight is 315 g/mol. The van der Waals surface area contributed by atoms with Crippen molar-refractivity contribution < 1.29 is 4.42 Å². The van der Waals surface area contributed by atoms with Crippen molar-refractivity contribution in [2.75, 3.05) is 5.32 Å². The van der Waals surface area contributed by atoms with Gasteiger partial charge in [0.05, 0.1) is 6.26 Å². The molecule has 0 radical (unpaired) electrons. The minimum atomic E-state index is 0.684. The van der Waals surface area contributed by atoms with Gasteiger partial charge in [-0.1, -0.05) is 0 Å². The van der Waals surface area contributed by atoms with E-state index in [1.165, 1.54) is 0 Å². The third kappa shape index (κ3) is 2.04. The van der Waals surface area contributed by atoms with Gasteiger partial charge in [-0.2, -0.15) is 0 Å². The lowest BCUT2D eigenvalue weighted by molar-refractivity contribution is 0.579. The van der Waals surface area contributed by atoms with Crippen molar-refractivity contribution in [3.8, 4) is 11.5 Å². The number of anilines is 2. The van der Waals surface area contributed by atoms with E-state index in [1.807, 2.05) is 53.3 Å². The van der Waals surface area contributed by atoms with Crippen LogP contribution in [-0.4, -0.2) is 19.4 Å². The summed E-state index contributed by atoms with van der Waals surface area (Å²) < 4.78 is 7.40. The molecule has 0 saturated carbocycles. The number of fused-ring (bicyclic) bond motifs is 2. The van der Waals surface area contributed by atoms with Crippen molar-refractivity contribution in [3.63, 3.8) is 0 Å². The van der Waals surface area contributed by atoms with Crippen molar-refractivity contribution >= 4 is 28.1 Å². The number of hydrogen-bond donors (Lipinski definition) is 2. The van der Waals surface area contributed by atoms with Crippen LogP contribution in [0, 0.1) is 0 Å². The summed E-state index contributed by atoms with van der Waals surface area (Å²) in [5.74, 6) is 1.40. The quantitative estimate of drug-likeness (QED) is 0.523. The molecule has 1 aromatic carbocycles. The van der Waals surface area contributed by atoms with Gasteiger partial charge in [-0.15, -0.1) is 0 Å². The number of aromatic amines is 1. The highest BCUT2D eigenvalue weighted by Gasteiger charge is 2.11. The maximum absolute atomic E-state index is 5.47. The van der Waals surface area contributed by atoms with E-state index in [-0.39, 0.29) is 0 Å². The Labute approximate surface area is 136 Å². The van der Waals surface area contributed by atoms with E-state index in [4.69, 9.17) is 4.42 Å². The molecule has 0 saturated heterocycles. The van der Waals surface area contributed by atoms with Gasteiger partial charge in [-0.3, -0.25) is 0 Å². The molecule has 0 amide bonds. The van der Waals surface area contributed by atoms with Crippen LogP contribution in [0.1, 0.15) is 0 Å². The number of H-pyrrole nitrogens is 1. The zero-order chi connectivity index (χ0) is 15.9. The minimum absolute atomic E-state index is 0.684. The summed E-state index contributed by atoms with van der Waals surface area (Å²) in [5.41, 5.74) is 3.56. The summed E-state index contributed by atoms with van der Waals surface area (Å²) in [5, 5.41) is 4.51. The van der Waals surface area contributed by atoms with Crippen molar-refractivity contribution in [3.05, 3.63) is 67.4 Å². The average Bonchev–Trinajstić information content (AvgIpc) is 3.34. The summed E-state index contributed by atoms with van der Waals surface area (Å²) in [6.45, 7) is 0. The summed E-state index contributed by atoms with van der Waals surface area (Å²) in [6, 6.07) is 11.9. The zero-order valence-electron chi connectivity index (χ0n) is 12.6. The first kappa shape index (κ1) is 13.0. The number of imidazole rings is 1. The summed E-state index contributed by atoms with van der Waals surface area (Å²) in [6.07, 6.45) is 9.12. The van der Waals surface area contributed by atoms with Crippen LogP contribution in [0.5, 0.6) is 0 Å². The Bertz CT molecular complexity index is 1140. The molecule has 5 rings (SSSR count). The van der Waals surface area contributed by atoms with Crippen LogP contribution in [-0.2, 0) is 0 Å². The zero-order valence-corrected chi connectivity index (χ0v) is 12.6. The number of nitrogens with zero attached hydrogens (tertiary/aromatic N) is 3. The number of rotatable bonds is 3. The third-order valence-corrected chi connectivity index (χ3v) is 3.96. The van der Waals surface area contributed by atoms with Gasteiger partial charge in [0.15, 0.2) is 17.2 Å². The summed E-state index contributed by atoms with van der Waals surface area (Å²) >= 11 is 0. The van der Waals surface area contributed by atoms with Crippen LogP contribution in [0.4, 0.5) is 11.5 Å². The largest absolute Gasteiger partial charge is 0.463 e. The smallest absolute Gasteiger partial charge is 0.180 e. The number of hydrogen-bond acceptors (Lipinski definition) is 4. The lowest BCUT2D eigenvalue weighted by Gasteiger charge is -2.09. The van der Waals surface area contributed by atoms with Crippen molar-refractivity contribution in [1.82, 2.24) is 19.4 Å². The van der Waals surface area contributed by atoms with Crippen LogP contribution < -0.4 is 5.32 Å². The molecule has 0 fully saturated rings. The minimum Gasteiger partial charge on any atom is -0.463 e. The van der Waals surface area contributed by atoms with E-state index in [9.17, 15) is 0 Å². The molecule has 4 heterocycles. The summed E-state index contributed by atoms with van der Waals surface area (Å²) in [7, 11) is 0. The molecule has 0 bridgehead atoms. The maximum atomic E-state index is 5.47. The van der Waals surface area contributed by atoms with Gasteiger partial charge in [0, 0.05) is 41.4 Å². The Hall–Kier alpha value is -3.54. The Morgan fingerprint density at radius 3 is 3.08 bits per heavy atom. The molecule has 0 spiro atoms. The summed E-state index contributed by atoms with van der Waals surface area (Å²) in [4.78, 5) is 12.3. The lowest BCUT2D eigenvalue weighted by atomic mass is 10.2. The number of nitrogens with one attached hydrogen (secondary N) is 2. The normalized spacial score (nSPS) is 11.3. The monoisotopic (exact) mass is 315 g/mol. The number of aromatic nitrogens is 4. The maximum Gasteiger partial charge on any atom is 0.180 e. The molecule has 0 aliphatic heterocycles. The van der Waals surface area contributed by atoms with Crippen LogP contribution >= 0.6 is 0 Å². The van der Waals surface area contributed by atoms with Crippen LogP contribution in [0.25, 0.3) is 28.0 Å². The molecular formula is C18H13N5O. The fourth-order valence-electron chi connectivity index (χ4n) is 2.83. The number of furan rings is 1. The van der Waals surface area contributed by atoms with E-state index < -0.39 is 0 Å². The first-order valence-electron chi connectivity index (χ1n) is 7.58. The molecule has 0 aliphatic rings. The first-order valence-corrected chi connectivity index (χ1v) is 7.58. The van der Waals surface area contributed by atoms with Crippen LogP contribution in [0.15, 0.2) is 71.9 Å². The Morgan fingerprint density at radius 2 is 2.17 bits per heavy atom. The lowest BCUT2D eigenvalue weighted by Crippen LogP contribution is -2.00. The fraction of sp³-hybridized carbons (Fsp3) is 0. The van der Waals surface area contributed by atoms with E-state index >= 15 is 0 Å². The molecule has 24 heavy (non-hydrogen) atoms. The second-order valence-electron chi connectivity index (χ2n) is 5.51. The molecule has 116 valence electrons. The molecule has 4 aromatic heterocycles. The van der Waals surface area contributed by atoms with Gasteiger partial charge in [-0.05, 0) is 36.4 Å². The van der Waals surface area contributed by atoms with Crippen LogP contribution in [0.3, 0.4) is 0 Å². The van der Waals surface area contributed by atoms with Gasteiger partial charge >= 0.3 is 0 Å². The van der Waals surface area contributed by atoms with Gasteiger partial charge in [0.2, 0.25) is 0 Å². The molecule has 0 unspecified atom stereocenters. The van der Waals surface area contributed by atoms with Gasteiger partial charge in [-0.25, -0.2) is 9.97 Å². The molecule has 5 aromatic rings. The van der Waals surface area contributed by atoms with Crippen molar-refractivity contribution in [1.29, 1.82) is 0 Å². The van der Waals surface area contributed by atoms with Gasteiger partial charge in [0.25, 0.3) is 0 Å². The van der Waals surface area contributed by atoms with Gasteiger partial charge < -0.3 is 19.1 Å². The predicted octanol–water partition coefficient (Wildman–Crippen LogP) is 4.21. The molecule has 0 atom stereocenters. The Kier molecular flexibility index (Phi) is 2.69. The number of benzene rings is 1.